The van der Waals surface area contributed by atoms with E-state index in [2.05, 4.69) is 25.1 Å². The predicted octanol–water partition coefficient (Wildman–Crippen LogP) is 4.56. The molecule has 2 aromatic carbocycles. The number of fused-ring (bicyclic) bond motifs is 1. The molecule has 0 radical (unpaired) electrons. The van der Waals surface area contributed by atoms with Gasteiger partial charge in [-0.15, -0.1) is 0 Å². The lowest BCUT2D eigenvalue weighted by Crippen LogP contribution is -1.89. The zero-order chi connectivity index (χ0) is 12.3. The summed E-state index contributed by atoms with van der Waals surface area (Å²) in [7, 11) is 0. The second kappa shape index (κ2) is 5.33. The minimum absolute atomic E-state index is 0.401. The van der Waals surface area contributed by atoms with Gasteiger partial charge in [0, 0.05) is 5.56 Å². The molecule has 0 spiro atoms. The number of halogens is 1. The van der Waals surface area contributed by atoms with Crippen LogP contribution in [0, 0.1) is 0 Å². The molecule has 0 atom stereocenters. The van der Waals surface area contributed by atoms with Crippen molar-refractivity contribution in [2.24, 2.45) is 0 Å². The van der Waals surface area contributed by atoms with Crippen LogP contribution in [-0.2, 0) is 6.42 Å². The van der Waals surface area contributed by atoms with Crippen LogP contribution in [-0.4, -0.2) is 5.24 Å². The molecule has 1 nitrogen and oxygen atoms in total. The molecule has 0 aliphatic heterocycles. The van der Waals surface area contributed by atoms with Gasteiger partial charge in [0.1, 0.15) is 0 Å². The van der Waals surface area contributed by atoms with E-state index in [1.165, 1.54) is 23.8 Å². The third-order valence-electron chi connectivity index (χ3n) is 2.95. The molecule has 17 heavy (non-hydrogen) atoms. The van der Waals surface area contributed by atoms with E-state index in [0.29, 0.717) is 5.56 Å². The van der Waals surface area contributed by atoms with Gasteiger partial charge in [0.25, 0.3) is 5.24 Å². The molecule has 0 saturated carbocycles. The Balaban J connectivity index is 2.36. The number of carbonyl (C=O) groups is 1. The zero-order valence-electron chi connectivity index (χ0n) is 9.87. The quantitative estimate of drug-likeness (QED) is 0.723. The molecular formula is C15H15ClO. The Morgan fingerprint density at radius 1 is 1.12 bits per heavy atom. The minimum atomic E-state index is -0.401. The molecule has 0 heterocycles. The lowest BCUT2D eigenvalue weighted by Gasteiger charge is -2.04. The first kappa shape index (κ1) is 12.1. The highest BCUT2D eigenvalue weighted by molar-refractivity contribution is 6.67. The van der Waals surface area contributed by atoms with Crippen molar-refractivity contribution in [3.63, 3.8) is 0 Å². The highest BCUT2D eigenvalue weighted by Crippen LogP contribution is 2.20. The second-order valence-electron chi connectivity index (χ2n) is 4.27. The molecule has 2 heteroatoms. The molecule has 0 bridgehead atoms. The number of rotatable bonds is 4. The van der Waals surface area contributed by atoms with Crippen molar-refractivity contribution in [2.75, 3.05) is 0 Å². The van der Waals surface area contributed by atoms with Gasteiger partial charge in [-0.3, -0.25) is 4.79 Å². The molecule has 2 aromatic rings. The van der Waals surface area contributed by atoms with Crippen LogP contribution < -0.4 is 0 Å². The van der Waals surface area contributed by atoms with Crippen LogP contribution >= 0.6 is 11.6 Å². The molecular weight excluding hydrogens is 232 g/mol. The van der Waals surface area contributed by atoms with E-state index in [1.54, 1.807) is 6.07 Å². The molecule has 0 aliphatic rings. The third kappa shape index (κ3) is 2.86. The van der Waals surface area contributed by atoms with E-state index in [1.807, 2.05) is 12.1 Å². The monoisotopic (exact) mass is 246 g/mol. The molecule has 0 aliphatic carbocycles. The number of aryl methyl sites for hydroxylation is 1. The van der Waals surface area contributed by atoms with Gasteiger partial charge in [0.05, 0.1) is 0 Å². The van der Waals surface area contributed by atoms with Gasteiger partial charge >= 0.3 is 0 Å². The summed E-state index contributed by atoms with van der Waals surface area (Å²) in [6.45, 7) is 2.19. The zero-order valence-corrected chi connectivity index (χ0v) is 10.6. The Morgan fingerprint density at radius 2 is 1.82 bits per heavy atom. The van der Waals surface area contributed by atoms with Gasteiger partial charge in [-0.1, -0.05) is 37.6 Å². The molecule has 0 unspecified atom stereocenters. The lowest BCUT2D eigenvalue weighted by molar-refractivity contribution is 0.108. The molecule has 0 saturated heterocycles. The molecule has 0 amide bonds. The van der Waals surface area contributed by atoms with Gasteiger partial charge in [-0.2, -0.15) is 0 Å². The van der Waals surface area contributed by atoms with Crippen molar-refractivity contribution in [1.29, 1.82) is 0 Å². The molecule has 0 aromatic heterocycles. The first-order chi connectivity index (χ1) is 8.20. The van der Waals surface area contributed by atoms with E-state index in [-0.39, 0.29) is 0 Å². The maximum Gasteiger partial charge on any atom is 0.252 e. The van der Waals surface area contributed by atoms with Crippen molar-refractivity contribution in [3.8, 4) is 0 Å². The van der Waals surface area contributed by atoms with Gasteiger partial charge in [0.15, 0.2) is 0 Å². The summed E-state index contributed by atoms with van der Waals surface area (Å²) in [4.78, 5) is 11.1. The average molecular weight is 247 g/mol. The van der Waals surface area contributed by atoms with E-state index in [0.717, 1.165) is 11.8 Å². The molecule has 2 rings (SSSR count). The summed E-state index contributed by atoms with van der Waals surface area (Å²) >= 11 is 5.46. The fourth-order valence-corrected chi connectivity index (χ4v) is 2.07. The van der Waals surface area contributed by atoms with E-state index in [9.17, 15) is 4.79 Å². The summed E-state index contributed by atoms with van der Waals surface area (Å²) < 4.78 is 0. The number of hydrogen-bond acceptors (Lipinski definition) is 1. The summed E-state index contributed by atoms with van der Waals surface area (Å²) in [6, 6.07) is 12.0. The highest BCUT2D eigenvalue weighted by Gasteiger charge is 2.03. The van der Waals surface area contributed by atoms with Crippen LogP contribution in [0.5, 0.6) is 0 Å². The SMILES string of the molecule is CCCCc1ccc2cc(C(=O)Cl)ccc2c1. The number of benzene rings is 2. The topological polar surface area (TPSA) is 17.1 Å². The summed E-state index contributed by atoms with van der Waals surface area (Å²) in [5.74, 6) is 0. The van der Waals surface area contributed by atoms with Crippen LogP contribution in [0.2, 0.25) is 0 Å². The van der Waals surface area contributed by atoms with Gasteiger partial charge in [-0.05, 0) is 52.9 Å². The van der Waals surface area contributed by atoms with E-state index >= 15 is 0 Å². The molecule has 0 N–H and O–H groups in total. The maximum absolute atomic E-state index is 11.1. The summed E-state index contributed by atoms with van der Waals surface area (Å²) in [5.41, 5.74) is 1.91. The van der Waals surface area contributed by atoms with Crippen molar-refractivity contribution < 1.29 is 4.79 Å². The van der Waals surface area contributed by atoms with Crippen LogP contribution in [0.25, 0.3) is 10.8 Å². The second-order valence-corrected chi connectivity index (χ2v) is 4.62. The Labute approximate surface area is 106 Å². The molecule has 0 fully saturated rings. The third-order valence-corrected chi connectivity index (χ3v) is 3.17. The normalized spacial score (nSPS) is 10.7. The fourth-order valence-electron chi connectivity index (χ4n) is 1.95. The largest absolute Gasteiger partial charge is 0.276 e. The highest BCUT2D eigenvalue weighted by atomic mass is 35.5. The van der Waals surface area contributed by atoms with Crippen molar-refractivity contribution in [2.45, 2.75) is 26.2 Å². The van der Waals surface area contributed by atoms with E-state index in [4.69, 9.17) is 11.6 Å². The fraction of sp³-hybridized carbons (Fsp3) is 0.267. The van der Waals surface area contributed by atoms with Crippen LogP contribution in [0.3, 0.4) is 0 Å². The van der Waals surface area contributed by atoms with Gasteiger partial charge in [-0.25, -0.2) is 0 Å². The summed E-state index contributed by atoms with van der Waals surface area (Å²) in [5, 5.41) is 1.83. The van der Waals surface area contributed by atoms with Gasteiger partial charge in [0.2, 0.25) is 0 Å². The Bertz CT molecular complexity index is 546. The summed E-state index contributed by atoms with van der Waals surface area (Å²) in [6.07, 6.45) is 3.53. The first-order valence-electron chi connectivity index (χ1n) is 5.93. The van der Waals surface area contributed by atoms with Crippen LogP contribution in [0.15, 0.2) is 36.4 Å². The van der Waals surface area contributed by atoms with Crippen molar-refractivity contribution in [3.05, 3.63) is 47.5 Å². The van der Waals surface area contributed by atoms with Crippen LogP contribution in [0.1, 0.15) is 35.7 Å². The van der Waals surface area contributed by atoms with Crippen molar-refractivity contribution >= 4 is 27.6 Å². The standard InChI is InChI=1S/C15H15ClO/c1-2-3-4-11-5-6-13-10-14(15(16)17)8-7-12(13)9-11/h5-10H,2-4H2,1H3. The Hall–Kier alpha value is -1.34. The minimum Gasteiger partial charge on any atom is -0.276 e. The van der Waals surface area contributed by atoms with Gasteiger partial charge < -0.3 is 0 Å². The number of carbonyl (C=O) groups excluding carboxylic acids is 1. The van der Waals surface area contributed by atoms with Crippen LogP contribution in [0.4, 0.5) is 0 Å². The smallest absolute Gasteiger partial charge is 0.252 e. The van der Waals surface area contributed by atoms with E-state index < -0.39 is 5.24 Å². The Morgan fingerprint density at radius 3 is 2.53 bits per heavy atom. The Kier molecular flexibility index (Phi) is 3.80. The molecule has 88 valence electrons. The lowest BCUT2D eigenvalue weighted by atomic mass is 10.0. The predicted molar refractivity (Wildman–Crippen MR) is 72.7 cm³/mol. The first-order valence-corrected chi connectivity index (χ1v) is 6.31. The maximum atomic E-state index is 11.1. The van der Waals surface area contributed by atoms with Crippen molar-refractivity contribution in [1.82, 2.24) is 0 Å². The number of unbranched alkanes of at least 4 members (excludes halogenated alkanes) is 1. The number of hydrogen-bond donors (Lipinski definition) is 0. The average Bonchev–Trinajstić information content (AvgIpc) is 2.35.